The van der Waals surface area contributed by atoms with Crippen LogP contribution in [0.5, 0.6) is 0 Å². The Hall–Kier alpha value is 0.180. The van der Waals surface area contributed by atoms with Gasteiger partial charge in [-0.2, -0.15) is 0 Å². The molecule has 21 heavy (non-hydrogen) atoms. The standard InChI is InChI=1S/C10H24O9P2/c1-7-9(18-20(11,14-3)15-4)10(8-13-2)19-21(12,16-5)17-6/h9-10H,7-8H2,1-6H3. The lowest BCUT2D eigenvalue weighted by molar-refractivity contribution is -0.0329. The van der Waals surface area contributed by atoms with Crippen LogP contribution < -0.4 is 0 Å². The smallest absolute Gasteiger partial charge is 0.382 e. The van der Waals surface area contributed by atoms with E-state index in [4.69, 9.17) is 31.9 Å². The van der Waals surface area contributed by atoms with Crippen LogP contribution in [-0.2, 0) is 41.0 Å². The van der Waals surface area contributed by atoms with E-state index in [2.05, 4.69) is 0 Å². The Balaban J connectivity index is 5.12. The molecule has 0 amide bonds. The van der Waals surface area contributed by atoms with Crippen LogP contribution in [0.2, 0.25) is 0 Å². The molecule has 0 spiro atoms. The largest absolute Gasteiger partial charge is 0.474 e. The maximum Gasteiger partial charge on any atom is 0.474 e. The molecule has 0 aliphatic rings. The van der Waals surface area contributed by atoms with E-state index in [1.54, 1.807) is 6.92 Å². The summed E-state index contributed by atoms with van der Waals surface area (Å²) in [6.07, 6.45) is -1.25. The summed E-state index contributed by atoms with van der Waals surface area (Å²) in [4.78, 5) is 0. The highest BCUT2D eigenvalue weighted by atomic mass is 31.2. The molecule has 0 aliphatic carbocycles. The predicted molar refractivity (Wildman–Crippen MR) is 75.2 cm³/mol. The molecule has 0 saturated heterocycles. The van der Waals surface area contributed by atoms with Crippen molar-refractivity contribution in [2.75, 3.05) is 42.2 Å². The van der Waals surface area contributed by atoms with E-state index in [1.165, 1.54) is 35.5 Å². The summed E-state index contributed by atoms with van der Waals surface area (Å²) < 4.78 is 58.5. The fourth-order valence-electron chi connectivity index (χ4n) is 1.43. The number of phosphoric acid groups is 2. The summed E-state index contributed by atoms with van der Waals surface area (Å²) in [6.45, 7) is 1.78. The highest BCUT2D eigenvalue weighted by Gasteiger charge is 2.37. The van der Waals surface area contributed by atoms with E-state index >= 15 is 0 Å². The maximum absolute atomic E-state index is 12.1. The van der Waals surface area contributed by atoms with Gasteiger partial charge in [-0.3, -0.25) is 27.1 Å². The molecule has 0 saturated carbocycles. The Labute approximate surface area is 125 Å². The molecule has 0 aromatic carbocycles. The van der Waals surface area contributed by atoms with E-state index in [0.29, 0.717) is 6.42 Å². The van der Waals surface area contributed by atoms with Gasteiger partial charge in [0, 0.05) is 35.5 Å². The number of phosphoric ester groups is 2. The van der Waals surface area contributed by atoms with Gasteiger partial charge in [0.1, 0.15) is 6.10 Å². The molecule has 0 rings (SSSR count). The van der Waals surface area contributed by atoms with E-state index in [9.17, 15) is 9.13 Å². The fraction of sp³-hybridized carbons (Fsp3) is 1.00. The zero-order valence-corrected chi connectivity index (χ0v) is 14.9. The molecule has 0 N–H and O–H groups in total. The first-order valence-electron chi connectivity index (χ1n) is 6.12. The van der Waals surface area contributed by atoms with Crippen LogP contribution in [-0.4, -0.2) is 54.4 Å². The number of hydrogen-bond acceptors (Lipinski definition) is 9. The first kappa shape index (κ1) is 21.2. The summed E-state index contributed by atoms with van der Waals surface area (Å²) in [7, 11) is -1.28. The van der Waals surface area contributed by atoms with Crippen molar-refractivity contribution in [3.63, 3.8) is 0 Å². The minimum atomic E-state index is -3.75. The van der Waals surface area contributed by atoms with Gasteiger partial charge in [-0.05, 0) is 6.42 Å². The first-order valence-corrected chi connectivity index (χ1v) is 9.04. The number of hydrogen-bond donors (Lipinski definition) is 0. The quantitative estimate of drug-likeness (QED) is 0.492. The summed E-state index contributed by atoms with van der Waals surface area (Å²) in [6, 6.07) is 0. The van der Waals surface area contributed by atoms with Crippen molar-refractivity contribution < 1.29 is 41.0 Å². The van der Waals surface area contributed by atoms with Crippen LogP contribution >= 0.6 is 15.6 Å². The Bertz CT molecular complexity index is 360. The molecule has 0 fully saturated rings. The highest BCUT2D eigenvalue weighted by molar-refractivity contribution is 7.48. The molecule has 2 atom stereocenters. The second-order valence-corrected chi connectivity index (χ2v) is 7.45. The maximum atomic E-state index is 12.1. The van der Waals surface area contributed by atoms with Crippen molar-refractivity contribution in [1.29, 1.82) is 0 Å². The second kappa shape index (κ2) is 10.0. The molecule has 0 bridgehead atoms. The van der Waals surface area contributed by atoms with Crippen molar-refractivity contribution in [2.24, 2.45) is 0 Å². The minimum absolute atomic E-state index is 0.0165. The summed E-state index contributed by atoms with van der Waals surface area (Å²) >= 11 is 0. The van der Waals surface area contributed by atoms with Crippen molar-refractivity contribution >= 4 is 15.6 Å². The average Bonchev–Trinajstić information content (AvgIpc) is 2.51. The van der Waals surface area contributed by atoms with Gasteiger partial charge in [-0.25, -0.2) is 9.13 Å². The molecule has 0 aliphatic heterocycles. The molecular formula is C10H24O9P2. The summed E-state index contributed by atoms with van der Waals surface area (Å²) in [5.41, 5.74) is 0. The molecular weight excluding hydrogens is 326 g/mol. The number of ether oxygens (including phenoxy) is 1. The predicted octanol–water partition coefficient (Wildman–Crippen LogP) is 2.62. The van der Waals surface area contributed by atoms with Gasteiger partial charge in [0.25, 0.3) is 0 Å². The van der Waals surface area contributed by atoms with Gasteiger partial charge in [-0.1, -0.05) is 6.92 Å². The lowest BCUT2D eigenvalue weighted by Crippen LogP contribution is -2.34. The van der Waals surface area contributed by atoms with Crippen molar-refractivity contribution in [3.05, 3.63) is 0 Å². The van der Waals surface area contributed by atoms with Crippen LogP contribution in [0, 0.1) is 0 Å². The highest BCUT2D eigenvalue weighted by Crippen LogP contribution is 2.53. The van der Waals surface area contributed by atoms with Crippen LogP contribution in [0.25, 0.3) is 0 Å². The molecule has 9 nitrogen and oxygen atoms in total. The molecule has 0 aromatic rings. The third kappa shape index (κ3) is 6.86. The van der Waals surface area contributed by atoms with Crippen LogP contribution in [0.3, 0.4) is 0 Å². The first-order chi connectivity index (χ1) is 9.83. The normalized spacial score (nSPS) is 15.9. The fourth-order valence-corrected chi connectivity index (χ4v) is 3.22. The zero-order valence-electron chi connectivity index (χ0n) is 13.1. The van der Waals surface area contributed by atoms with Crippen molar-refractivity contribution in [2.45, 2.75) is 25.6 Å². The van der Waals surface area contributed by atoms with E-state index in [-0.39, 0.29) is 6.61 Å². The number of methoxy groups -OCH3 is 1. The zero-order chi connectivity index (χ0) is 16.5. The molecule has 128 valence electrons. The summed E-state index contributed by atoms with van der Waals surface area (Å²) in [5.74, 6) is 0. The van der Waals surface area contributed by atoms with Crippen LogP contribution in [0.4, 0.5) is 0 Å². The SMILES string of the molecule is CCC(OP(=O)(OC)OC)C(COC)OP(=O)(OC)OC. The van der Waals surface area contributed by atoms with E-state index < -0.39 is 27.9 Å². The van der Waals surface area contributed by atoms with Gasteiger partial charge in [0.05, 0.1) is 12.7 Å². The number of rotatable bonds is 12. The Morgan fingerprint density at radius 3 is 1.43 bits per heavy atom. The van der Waals surface area contributed by atoms with Gasteiger partial charge >= 0.3 is 15.6 Å². The summed E-state index contributed by atoms with van der Waals surface area (Å²) in [5, 5.41) is 0. The van der Waals surface area contributed by atoms with Gasteiger partial charge in [0.2, 0.25) is 0 Å². The van der Waals surface area contributed by atoms with Crippen molar-refractivity contribution in [1.82, 2.24) is 0 Å². The van der Waals surface area contributed by atoms with E-state index in [1.807, 2.05) is 0 Å². The van der Waals surface area contributed by atoms with Gasteiger partial charge in [0.15, 0.2) is 0 Å². The molecule has 0 aromatic heterocycles. The Morgan fingerprint density at radius 1 is 0.762 bits per heavy atom. The van der Waals surface area contributed by atoms with E-state index in [0.717, 1.165) is 0 Å². The molecule has 0 heterocycles. The topological polar surface area (TPSA) is 98.8 Å². The molecule has 0 radical (unpaired) electrons. The Morgan fingerprint density at radius 2 is 1.14 bits per heavy atom. The van der Waals surface area contributed by atoms with Gasteiger partial charge in [-0.15, -0.1) is 0 Å². The third-order valence-electron chi connectivity index (χ3n) is 2.57. The van der Waals surface area contributed by atoms with Crippen LogP contribution in [0.1, 0.15) is 13.3 Å². The van der Waals surface area contributed by atoms with Crippen molar-refractivity contribution in [3.8, 4) is 0 Å². The average molecular weight is 350 g/mol. The lowest BCUT2D eigenvalue weighted by Gasteiger charge is -2.29. The lowest BCUT2D eigenvalue weighted by atomic mass is 10.2. The third-order valence-corrected chi connectivity index (χ3v) is 5.42. The molecule has 11 heteroatoms. The van der Waals surface area contributed by atoms with Gasteiger partial charge < -0.3 is 4.74 Å². The Kier molecular flexibility index (Phi) is 10.1. The minimum Gasteiger partial charge on any atom is -0.382 e. The van der Waals surface area contributed by atoms with Crippen LogP contribution in [0.15, 0.2) is 0 Å². The monoisotopic (exact) mass is 350 g/mol. The second-order valence-electron chi connectivity index (χ2n) is 3.78. The molecule has 2 unspecified atom stereocenters.